The minimum Gasteiger partial charge on any atom is -0.361 e. The van der Waals surface area contributed by atoms with Crippen LogP contribution in [0.5, 0.6) is 0 Å². The van der Waals surface area contributed by atoms with Crippen molar-refractivity contribution in [2.45, 2.75) is 19.8 Å². The van der Waals surface area contributed by atoms with Crippen molar-refractivity contribution in [3.63, 3.8) is 0 Å². The lowest BCUT2D eigenvalue weighted by Gasteiger charge is -2.08. The molecule has 2 heteroatoms. The molecule has 3 N–H and O–H groups in total. The molecule has 0 unspecified atom stereocenters. The molecule has 0 fully saturated rings. The summed E-state index contributed by atoms with van der Waals surface area (Å²) in [6.07, 6.45) is 4.04. The Labute approximate surface area is 84.1 Å². The average Bonchev–Trinajstić information content (AvgIpc) is 2.67. The smallest absolute Gasteiger partial charge is 0.0456 e. The Morgan fingerprint density at radius 3 is 2.86 bits per heavy atom. The number of nitrogens with one attached hydrogen (secondary N) is 1. The highest BCUT2D eigenvalue weighted by Crippen LogP contribution is 2.22. The van der Waals surface area contributed by atoms with Gasteiger partial charge in [0.2, 0.25) is 0 Å². The fraction of sp³-hybridized carbons (Fsp3) is 0.333. The van der Waals surface area contributed by atoms with Gasteiger partial charge < -0.3 is 10.7 Å². The molecule has 1 heterocycles. The van der Waals surface area contributed by atoms with Gasteiger partial charge in [-0.25, -0.2) is 0 Å². The van der Waals surface area contributed by atoms with Gasteiger partial charge in [-0.3, -0.25) is 0 Å². The van der Waals surface area contributed by atoms with Gasteiger partial charge in [0.25, 0.3) is 0 Å². The molecular formula is C12H16N2. The topological polar surface area (TPSA) is 41.8 Å². The van der Waals surface area contributed by atoms with Gasteiger partial charge in [-0.1, -0.05) is 13.0 Å². The molecule has 0 aliphatic rings. The monoisotopic (exact) mass is 188 g/mol. The van der Waals surface area contributed by atoms with E-state index in [0.29, 0.717) is 0 Å². The number of fused-ring (bicyclic) bond motifs is 1. The zero-order chi connectivity index (χ0) is 9.97. The van der Waals surface area contributed by atoms with Gasteiger partial charge in [-0.2, -0.15) is 0 Å². The highest BCUT2D eigenvalue weighted by Gasteiger charge is 2.05. The van der Waals surface area contributed by atoms with E-state index in [1.165, 1.54) is 22.0 Å². The zero-order valence-corrected chi connectivity index (χ0v) is 8.51. The number of aryl methyl sites for hydroxylation is 1. The van der Waals surface area contributed by atoms with E-state index >= 15 is 0 Å². The molecule has 0 saturated heterocycles. The first-order valence-corrected chi connectivity index (χ1v) is 5.14. The van der Waals surface area contributed by atoms with Gasteiger partial charge in [-0.05, 0) is 42.6 Å². The molecule has 0 radical (unpaired) electrons. The quantitative estimate of drug-likeness (QED) is 0.762. The Hall–Kier alpha value is -1.28. The Balaban J connectivity index is 2.62. The predicted octanol–water partition coefficient (Wildman–Crippen LogP) is 2.23. The van der Waals surface area contributed by atoms with E-state index in [1.54, 1.807) is 0 Å². The number of hydrogen-bond acceptors (Lipinski definition) is 1. The molecular weight excluding hydrogens is 172 g/mol. The minimum atomic E-state index is 0.720. The van der Waals surface area contributed by atoms with E-state index in [9.17, 15) is 0 Å². The molecule has 74 valence electrons. The fourth-order valence-electron chi connectivity index (χ4n) is 2.01. The summed E-state index contributed by atoms with van der Waals surface area (Å²) < 4.78 is 0. The number of benzene rings is 1. The maximum Gasteiger partial charge on any atom is 0.0456 e. The summed E-state index contributed by atoms with van der Waals surface area (Å²) >= 11 is 0. The van der Waals surface area contributed by atoms with Crippen molar-refractivity contribution < 1.29 is 0 Å². The molecule has 0 aliphatic carbocycles. The van der Waals surface area contributed by atoms with Crippen LogP contribution in [0.2, 0.25) is 0 Å². The van der Waals surface area contributed by atoms with Crippen molar-refractivity contribution in [3.8, 4) is 0 Å². The number of nitrogens with two attached hydrogens (primary N) is 1. The van der Waals surface area contributed by atoms with Crippen LogP contribution in [0.3, 0.4) is 0 Å². The summed E-state index contributed by atoms with van der Waals surface area (Å²) in [6.45, 7) is 2.91. The third kappa shape index (κ3) is 1.42. The van der Waals surface area contributed by atoms with E-state index in [0.717, 1.165) is 19.4 Å². The Morgan fingerprint density at radius 2 is 2.14 bits per heavy atom. The maximum absolute atomic E-state index is 5.63. The Kier molecular flexibility index (Phi) is 2.55. The van der Waals surface area contributed by atoms with Crippen LogP contribution in [0, 0.1) is 0 Å². The second kappa shape index (κ2) is 3.84. The van der Waals surface area contributed by atoms with Gasteiger partial charge in [-0.15, -0.1) is 0 Å². The van der Waals surface area contributed by atoms with Crippen LogP contribution < -0.4 is 5.73 Å². The maximum atomic E-state index is 5.63. The van der Waals surface area contributed by atoms with Crippen molar-refractivity contribution in [3.05, 3.63) is 35.5 Å². The summed E-state index contributed by atoms with van der Waals surface area (Å²) in [5.41, 5.74) is 9.68. The molecule has 0 amide bonds. The van der Waals surface area contributed by atoms with Gasteiger partial charge in [0.05, 0.1) is 0 Å². The first-order chi connectivity index (χ1) is 6.86. The second-order valence-corrected chi connectivity index (χ2v) is 3.53. The predicted molar refractivity (Wildman–Crippen MR) is 60.4 cm³/mol. The number of hydrogen-bond donors (Lipinski definition) is 2. The van der Waals surface area contributed by atoms with Gasteiger partial charge >= 0.3 is 0 Å². The van der Waals surface area contributed by atoms with Crippen LogP contribution in [0.25, 0.3) is 10.9 Å². The van der Waals surface area contributed by atoms with Crippen LogP contribution in [-0.4, -0.2) is 11.5 Å². The number of aromatic amines is 1. The largest absolute Gasteiger partial charge is 0.361 e. The lowest BCUT2D eigenvalue weighted by atomic mass is 9.98. The number of H-pyrrole nitrogens is 1. The SMILES string of the molecule is CCc1ccc2[nH]ccc2c1CCN. The fourth-order valence-corrected chi connectivity index (χ4v) is 2.01. The van der Waals surface area contributed by atoms with Crippen LogP contribution >= 0.6 is 0 Å². The minimum absolute atomic E-state index is 0.720. The molecule has 0 atom stereocenters. The standard InChI is InChI=1S/C12H16N2/c1-2-9-3-4-12-11(6-8-14-12)10(9)5-7-13/h3-4,6,8,14H,2,5,7,13H2,1H3. The lowest BCUT2D eigenvalue weighted by molar-refractivity contribution is 0.949. The van der Waals surface area contributed by atoms with E-state index < -0.39 is 0 Å². The molecule has 2 aromatic rings. The van der Waals surface area contributed by atoms with Crippen molar-refractivity contribution in [2.75, 3.05) is 6.54 Å². The molecule has 0 saturated carbocycles. The third-order valence-electron chi connectivity index (χ3n) is 2.72. The van der Waals surface area contributed by atoms with E-state index in [-0.39, 0.29) is 0 Å². The van der Waals surface area contributed by atoms with Gasteiger partial charge in [0.1, 0.15) is 0 Å². The van der Waals surface area contributed by atoms with Crippen molar-refractivity contribution >= 4 is 10.9 Å². The summed E-state index contributed by atoms with van der Waals surface area (Å²) in [5.74, 6) is 0. The molecule has 0 spiro atoms. The molecule has 1 aromatic carbocycles. The van der Waals surface area contributed by atoms with E-state index in [4.69, 9.17) is 5.73 Å². The lowest BCUT2D eigenvalue weighted by Crippen LogP contribution is -2.05. The first kappa shape index (κ1) is 9.28. The summed E-state index contributed by atoms with van der Waals surface area (Å²) in [4.78, 5) is 3.23. The zero-order valence-electron chi connectivity index (χ0n) is 8.51. The van der Waals surface area contributed by atoms with Crippen molar-refractivity contribution in [2.24, 2.45) is 5.73 Å². The van der Waals surface area contributed by atoms with E-state index in [1.807, 2.05) is 6.20 Å². The normalized spacial score (nSPS) is 11.0. The third-order valence-corrected chi connectivity index (χ3v) is 2.72. The van der Waals surface area contributed by atoms with Crippen LogP contribution in [-0.2, 0) is 12.8 Å². The average molecular weight is 188 g/mol. The molecule has 2 rings (SSSR count). The summed E-state index contributed by atoms with van der Waals surface area (Å²) in [6, 6.07) is 6.48. The highest BCUT2D eigenvalue weighted by atomic mass is 14.7. The van der Waals surface area contributed by atoms with Gasteiger partial charge in [0, 0.05) is 17.1 Å². The molecule has 14 heavy (non-hydrogen) atoms. The summed E-state index contributed by atoms with van der Waals surface area (Å²) in [7, 11) is 0. The van der Waals surface area contributed by atoms with Crippen molar-refractivity contribution in [1.29, 1.82) is 0 Å². The van der Waals surface area contributed by atoms with Crippen LogP contribution in [0.4, 0.5) is 0 Å². The summed E-state index contributed by atoms with van der Waals surface area (Å²) in [5, 5.41) is 1.33. The van der Waals surface area contributed by atoms with Crippen molar-refractivity contribution in [1.82, 2.24) is 4.98 Å². The number of aromatic nitrogens is 1. The Bertz CT molecular complexity index is 429. The Morgan fingerprint density at radius 1 is 1.29 bits per heavy atom. The van der Waals surface area contributed by atoms with Crippen LogP contribution in [0.1, 0.15) is 18.1 Å². The number of rotatable bonds is 3. The molecule has 0 bridgehead atoms. The highest BCUT2D eigenvalue weighted by molar-refractivity contribution is 5.84. The van der Waals surface area contributed by atoms with Gasteiger partial charge in [0.15, 0.2) is 0 Å². The first-order valence-electron chi connectivity index (χ1n) is 5.14. The molecule has 2 nitrogen and oxygen atoms in total. The molecule has 0 aliphatic heterocycles. The van der Waals surface area contributed by atoms with Crippen LogP contribution in [0.15, 0.2) is 24.4 Å². The van der Waals surface area contributed by atoms with E-state index in [2.05, 4.69) is 30.1 Å². The molecule has 1 aromatic heterocycles. The second-order valence-electron chi connectivity index (χ2n) is 3.53.